The fourth-order valence-electron chi connectivity index (χ4n) is 5.42. The van der Waals surface area contributed by atoms with Crippen LogP contribution in [0.3, 0.4) is 0 Å². The summed E-state index contributed by atoms with van der Waals surface area (Å²) in [6.45, 7) is 3.93. The van der Waals surface area contributed by atoms with E-state index >= 15 is 0 Å². The predicted octanol–water partition coefficient (Wildman–Crippen LogP) is -4.27. The van der Waals surface area contributed by atoms with Gasteiger partial charge in [-0.25, -0.2) is 4.79 Å². The molecule has 0 aliphatic rings. The van der Waals surface area contributed by atoms with E-state index in [-0.39, 0.29) is 25.2 Å². The van der Waals surface area contributed by atoms with E-state index < -0.39 is 115 Å². The summed E-state index contributed by atoms with van der Waals surface area (Å²) in [5, 5.41) is 53.4. The minimum atomic E-state index is -1.75. The maximum atomic E-state index is 13.4. The molecule has 0 aliphatic heterocycles. The second kappa shape index (κ2) is 22.0. The molecule has 1 aromatic carbocycles. The molecule has 56 heavy (non-hydrogen) atoms. The minimum Gasteiger partial charge on any atom is -0.480 e. The summed E-state index contributed by atoms with van der Waals surface area (Å²) in [5.41, 5.74) is 12.9. The number of fused-ring (bicyclic) bond motifs is 1. The van der Waals surface area contributed by atoms with Crippen molar-refractivity contribution in [1.29, 1.82) is 0 Å². The number of primary amides is 1. The summed E-state index contributed by atoms with van der Waals surface area (Å²) >= 11 is 0. The predicted molar refractivity (Wildman–Crippen MR) is 199 cm³/mol. The molecule has 7 amide bonds. The Bertz CT molecular complexity index is 1720. The van der Waals surface area contributed by atoms with Crippen LogP contribution in [0, 0.1) is 5.92 Å². The van der Waals surface area contributed by atoms with Gasteiger partial charge in [0.1, 0.15) is 36.3 Å². The smallest absolute Gasteiger partial charge is 0.328 e. The summed E-state index contributed by atoms with van der Waals surface area (Å²) in [6.07, 6.45) is -0.523. The zero-order valence-corrected chi connectivity index (χ0v) is 31.5. The Morgan fingerprint density at radius 1 is 0.714 bits per heavy atom. The highest BCUT2D eigenvalue weighted by Crippen LogP contribution is 2.19. The summed E-state index contributed by atoms with van der Waals surface area (Å²) < 4.78 is 0. The van der Waals surface area contributed by atoms with E-state index in [1.807, 2.05) is 29.6 Å². The Morgan fingerprint density at radius 3 is 1.84 bits per heavy atom. The molecule has 0 aliphatic carbocycles. The first-order chi connectivity index (χ1) is 26.3. The lowest BCUT2D eigenvalue weighted by atomic mass is 10.0. The Labute approximate surface area is 322 Å². The van der Waals surface area contributed by atoms with Crippen molar-refractivity contribution in [3.8, 4) is 0 Å². The van der Waals surface area contributed by atoms with Crippen molar-refractivity contribution in [1.82, 2.24) is 36.9 Å². The Hall–Kier alpha value is -5.64. The van der Waals surface area contributed by atoms with Gasteiger partial charge in [-0.2, -0.15) is 0 Å². The number of aliphatic hydroxyl groups is 3. The van der Waals surface area contributed by atoms with Crippen LogP contribution in [0.4, 0.5) is 0 Å². The Morgan fingerprint density at radius 2 is 1.27 bits per heavy atom. The SMILES string of the molecule is CC(C)C[C@H](NC(=O)[C@@H](NC(=O)[C@H](CO)NC(=O)[C@H](C)NC(=O)[C@@H](N)Cc1c[nH]c2ccccc12)[C@@H](C)O)C(=O)N[C@@H](CCC(N)=O)C(=O)N[C@@H](CO)C(=O)O. The van der Waals surface area contributed by atoms with Gasteiger partial charge in [0.2, 0.25) is 41.4 Å². The van der Waals surface area contributed by atoms with Crippen LogP contribution in [0.2, 0.25) is 0 Å². The number of aromatic amines is 1. The van der Waals surface area contributed by atoms with E-state index in [9.17, 15) is 58.8 Å². The number of carboxylic acid groups (broad SMARTS) is 1. The monoisotopic (exact) mass is 791 g/mol. The standard InChI is InChI=1S/C35H53N9O12/c1-16(2)11-24(32(52)40-23(9-10-27(37)48)31(51)43-26(15-46)35(55)56)41-34(54)28(18(4)47)44-33(53)25(14-45)42-29(49)17(3)39-30(50)21(36)12-19-13-38-22-8-6-5-7-20(19)22/h5-8,13,16-18,21,23-26,28,38,45-47H,9-12,14-15,36H2,1-4H3,(H2,37,48)(H,39,50)(H,40,52)(H,41,54)(H,42,49)(H,43,51)(H,44,53)(H,55,56)/t17-,18+,21-,23-,24-,25-,26-,28-/m0/s1. The molecule has 2 aromatic rings. The zero-order valence-electron chi connectivity index (χ0n) is 31.5. The maximum absolute atomic E-state index is 13.4. The molecule has 310 valence electrons. The van der Waals surface area contributed by atoms with Crippen molar-refractivity contribution in [3.63, 3.8) is 0 Å². The highest BCUT2D eigenvalue weighted by Gasteiger charge is 2.35. The lowest BCUT2D eigenvalue weighted by Crippen LogP contribution is -2.62. The number of rotatable bonds is 23. The number of aliphatic carboxylic acids is 1. The van der Waals surface area contributed by atoms with Gasteiger partial charge in [0.25, 0.3) is 0 Å². The van der Waals surface area contributed by atoms with Crippen LogP contribution in [0.5, 0.6) is 0 Å². The summed E-state index contributed by atoms with van der Waals surface area (Å²) in [7, 11) is 0. The first-order valence-electron chi connectivity index (χ1n) is 17.8. The van der Waals surface area contributed by atoms with Crippen molar-refractivity contribution in [2.75, 3.05) is 13.2 Å². The quantitative estimate of drug-likeness (QED) is 0.0508. The van der Waals surface area contributed by atoms with Crippen LogP contribution in [0.1, 0.15) is 52.5 Å². The summed E-state index contributed by atoms with van der Waals surface area (Å²) in [5.74, 6) is -8.43. The first-order valence-corrected chi connectivity index (χ1v) is 17.8. The molecule has 0 spiro atoms. The van der Waals surface area contributed by atoms with Crippen molar-refractivity contribution in [2.45, 2.75) is 102 Å². The topological polar surface area (TPSA) is 357 Å². The van der Waals surface area contributed by atoms with Gasteiger partial charge < -0.3 is 68.8 Å². The van der Waals surface area contributed by atoms with Gasteiger partial charge in [-0.1, -0.05) is 32.0 Å². The number of nitrogens with one attached hydrogen (secondary N) is 7. The lowest BCUT2D eigenvalue weighted by molar-refractivity contribution is -0.143. The van der Waals surface area contributed by atoms with E-state index in [2.05, 4.69) is 31.6 Å². The molecule has 8 atom stereocenters. The number of aromatic nitrogens is 1. The summed E-state index contributed by atoms with van der Waals surface area (Å²) in [6, 6.07) is -2.92. The Kier molecular flexibility index (Phi) is 18.3. The molecule has 1 aromatic heterocycles. The maximum Gasteiger partial charge on any atom is 0.328 e. The second-order valence-corrected chi connectivity index (χ2v) is 13.7. The van der Waals surface area contributed by atoms with Crippen molar-refractivity contribution < 1.29 is 58.8 Å². The number of nitrogens with two attached hydrogens (primary N) is 2. The number of para-hydroxylation sites is 1. The molecule has 0 bridgehead atoms. The van der Waals surface area contributed by atoms with Crippen LogP contribution >= 0.6 is 0 Å². The number of aliphatic hydroxyl groups excluding tert-OH is 3. The second-order valence-electron chi connectivity index (χ2n) is 13.7. The van der Waals surface area contributed by atoms with Crippen molar-refractivity contribution >= 4 is 58.2 Å². The van der Waals surface area contributed by atoms with E-state index in [1.165, 1.54) is 6.92 Å². The molecule has 21 heteroatoms. The third-order valence-corrected chi connectivity index (χ3v) is 8.53. The fourth-order valence-corrected chi connectivity index (χ4v) is 5.42. The average molecular weight is 792 g/mol. The van der Waals surface area contributed by atoms with E-state index in [0.717, 1.165) is 23.4 Å². The number of amides is 7. The molecule has 15 N–H and O–H groups in total. The molecular formula is C35H53N9O12. The molecule has 0 fully saturated rings. The largest absolute Gasteiger partial charge is 0.480 e. The number of carboxylic acids is 1. The van der Waals surface area contributed by atoms with Crippen molar-refractivity contribution in [3.05, 3.63) is 36.0 Å². The Balaban J connectivity index is 2.10. The number of H-pyrrole nitrogens is 1. The van der Waals surface area contributed by atoms with Crippen LogP contribution < -0.4 is 43.4 Å². The third kappa shape index (κ3) is 14.2. The lowest BCUT2D eigenvalue weighted by Gasteiger charge is -2.28. The summed E-state index contributed by atoms with van der Waals surface area (Å²) in [4.78, 5) is 104. The average Bonchev–Trinajstić information content (AvgIpc) is 3.54. The van der Waals surface area contributed by atoms with Crippen LogP contribution in [-0.4, -0.2) is 134 Å². The van der Waals surface area contributed by atoms with Gasteiger partial charge in [0.15, 0.2) is 0 Å². The van der Waals surface area contributed by atoms with Crippen molar-refractivity contribution in [2.24, 2.45) is 17.4 Å². The minimum absolute atomic E-state index is 0.0407. The molecule has 21 nitrogen and oxygen atoms in total. The van der Waals surface area contributed by atoms with Gasteiger partial charge in [0.05, 0.1) is 25.4 Å². The van der Waals surface area contributed by atoms with Crippen LogP contribution in [0.25, 0.3) is 10.9 Å². The third-order valence-electron chi connectivity index (χ3n) is 8.53. The number of carbonyl (C=O) groups excluding carboxylic acids is 7. The zero-order chi connectivity index (χ0) is 42.3. The molecule has 0 saturated heterocycles. The highest BCUT2D eigenvalue weighted by molar-refractivity contribution is 5.97. The molecule has 0 saturated carbocycles. The number of benzene rings is 1. The van der Waals surface area contributed by atoms with E-state index in [4.69, 9.17) is 11.5 Å². The number of carbonyl (C=O) groups is 8. The van der Waals surface area contributed by atoms with E-state index in [1.54, 1.807) is 20.0 Å². The van der Waals surface area contributed by atoms with Gasteiger partial charge in [0, 0.05) is 23.5 Å². The molecule has 0 unspecified atom stereocenters. The van der Waals surface area contributed by atoms with Gasteiger partial charge in [-0.3, -0.25) is 33.6 Å². The first kappa shape index (κ1) is 46.5. The van der Waals surface area contributed by atoms with Gasteiger partial charge >= 0.3 is 5.97 Å². The van der Waals surface area contributed by atoms with Crippen LogP contribution in [-0.2, 0) is 44.8 Å². The van der Waals surface area contributed by atoms with E-state index in [0.29, 0.717) is 0 Å². The van der Waals surface area contributed by atoms with Gasteiger partial charge in [-0.05, 0) is 50.7 Å². The highest BCUT2D eigenvalue weighted by atomic mass is 16.4. The number of hydrogen-bond acceptors (Lipinski definition) is 12. The number of hydrogen-bond donors (Lipinski definition) is 13. The fraction of sp³-hybridized carbons (Fsp3) is 0.543. The molecule has 1 heterocycles. The normalized spacial score (nSPS) is 15.5. The van der Waals surface area contributed by atoms with Crippen LogP contribution in [0.15, 0.2) is 30.5 Å². The molecule has 0 radical (unpaired) electrons. The molecule has 2 rings (SSSR count). The molecular weight excluding hydrogens is 738 g/mol. The van der Waals surface area contributed by atoms with Gasteiger partial charge in [-0.15, -0.1) is 0 Å².